The van der Waals surface area contributed by atoms with Crippen molar-refractivity contribution in [3.8, 4) is 17.0 Å². The Morgan fingerprint density at radius 3 is 2.86 bits per heavy atom. The van der Waals surface area contributed by atoms with Crippen LogP contribution in [0.3, 0.4) is 0 Å². The number of H-pyrrole nitrogens is 2. The third-order valence-corrected chi connectivity index (χ3v) is 3.64. The van der Waals surface area contributed by atoms with Crippen molar-refractivity contribution in [3.63, 3.8) is 0 Å². The van der Waals surface area contributed by atoms with Crippen molar-refractivity contribution >= 4 is 21.9 Å². The largest absolute Gasteiger partial charge is 0.496 e. The number of methoxy groups -OCH3 is 1. The van der Waals surface area contributed by atoms with Crippen LogP contribution in [0.1, 0.15) is 0 Å². The summed E-state index contributed by atoms with van der Waals surface area (Å²) in [6.07, 6.45) is 1.74. The molecule has 2 N–H and O–H groups in total. The number of rotatable bonds is 2. The lowest BCUT2D eigenvalue weighted by Gasteiger charge is -2.08. The van der Waals surface area contributed by atoms with Gasteiger partial charge in [0.15, 0.2) is 5.65 Å². The summed E-state index contributed by atoms with van der Waals surface area (Å²) in [5.41, 5.74) is 2.65. The van der Waals surface area contributed by atoms with Gasteiger partial charge in [-0.3, -0.25) is 14.9 Å². The van der Waals surface area contributed by atoms with Gasteiger partial charge in [0.2, 0.25) is 5.56 Å². The molecule has 0 aliphatic carbocycles. The van der Waals surface area contributed by atoms with E-state index in [1.54, 1.807) is 19.4 Å². The van der Waals surface area contributed by atoms with Gasteiger partial charge in [-0.25, -0.2) is 0 Å². The maximum Gasteiger partial charge on any atom is 0.249 e. The van der Waals surface area contributed by atoms with Crippen LogP contribution in [0.25, 0.3) is 33.2 Å². The monoisotopic (exact) mass is 292 g/mol. The Morgan fingerprint density at radius 2 is 2.00 bits per heavy atom. The fraction of sp³-hybridized carbons (Fsp3) is 0.0625. The molecule has 108 valence electrons. The molecule has 0 amide bonds. The molecule has 22 heavy (non-hydrogen) atoms. The van der Waals surface area contributed by atoms with Crippen molar-refractivity contribution in [2.24, 2.45) is 0 Å². The molecule has 4 rings (SSSR count). The van der Waals surface area contributed by atoms with E-state index in [9.17, 15) is 4.79 Å². The average Bonchev–Trinajstić information content (AvgIpc) is 2.90. The maximum absolute atomic E-state index is 11.7. The summed E-state index contributed by atoms with van der Waals surface area (Å²) in [5.74, 6) is 0.730. The highest BCUT2D eigenvalue weighted by Crippen LogP contribution is 2.34. The molecule has 0 radical (unpaired) electrons. The second kappa shape index (κ2) is 4.70. The zero-order valence-electron chi connectivity index (χ0n) is 11.8. The normalized spacial score (nSPS) is 11.1. The van der Waals surface area contributed by atoms with Crippen LogP contribution in [0, 0.1) is 0 Å². The number of ether oxygens (including phenoxy) is 1. The van der Waals surface area contributed by atoms with Crippen LogP contribution in [0.5, 0.6) is 5.75 Å². The van der Waals surface area contributed by atoms with Gasteiger partial charge in [0, 0.05) is 23.2 Å². The zero-order valence-corrected chi connectivity index (χ0v) is 11.8. The minimum Gasteiger partial charge on any atom is -0.496 e. The van der Waals surface area contributed by atoms with Gasteiger partial charge in [-0.15, -0.1) is 0 Å². The number of aromatic amines is 2. The lowest BCUT2D eigenvalue weighted by molar-refractivity contribution is 0.416. The van der Waals surface area contributed by atoms with Crippen LogP contribution in [-0.4, -0.2) is 27.3 Å². The summed E-state index contributed by atoms with van der Waals surface area (Å²) in [5, 5.41) is 8.94. The Bertz CT molecular complexity index is 1050. The van der Waals surface area contributed by atoms with E-state index in [0.717, 1.165) is 33.3 Å². The van der Waals surface area contributed by atoms with Gasteiger partial charge < -0.3 is 9.72 Å². The highest BCUT2D eigenvalue weighted by molar-refractivity contribution is 6.10. The van der Waals surface area contributed by atoms with Crippen LogP contribution in [0.2, 0.25) is 0 Å². The standard InChI is InChI=1S/C16H12N4O2/c1-22-11-5-3-2-4-10(11)14-15-13-9(8-17-15)6-7-12(21)18-16(13)20-19-14/h2-8,19H,1H3,(H,18,20,21). The van der Waals surface area contributed by atoms with E-state index in [2.05, 4.69) is 20.2 Å². The van der Waals surface area contributed by atoms with Crippen molar-refractivity contribution in [3.05, 3.63) is 52.9 Å². The molecule has 0 bridgehead atoms. The minimum absolute atomic E-state index is 0.205. The van der Waals surface area contributed by atoms with Crippen LogP contribution in [0.15, 0.2) is 47.4 Å². The lowest BCUT2D eigenvalue weighted by Crippen LogP contribution is -2.01. The summed E-state index contributed by atoms with van der Waals surface area (Å²) in [6.45, 7) is 0. The summed E-state index contributed by atoms with van der Waals surface area (Å²) in [6, 6.07) is 10.9. The Labute approximate surface area is 124 Å². The molecule has 0 aliphatic rings. The predicted molar refractivity (Wildman–Crippen MR) is 84.0 cm³/mol. The Hall–Kier alpha value is -3.15. The molecule has 0 aliphatic heterocycles. The SMILES string of the molecule is COc1ccccc1-c1[nH]nc2[nH]c(=O)ccc3cnc1c32. The van der Waals surface area contributed by atoms with Gasteiger partial charge in [0.25, 0.3) is 0 Å². The molecular formula is C16H12N4O2. The quantitative estimate of drug-likeness (QED) is 0.594. The summed E-state index contributed by atoms with van der Waals surface area (Å²) in [7, 11) is 1.62. The first-order chi connectivity index (χ1) is 10.8. The fourth-order valence-electron chi connectivity index (χ4n) is 2.64. The molecule has 0 spiro atoms. The van der Waals surface area contributed by atoms with Crippen molar-refractivity contribution in [1.29, 1.82) is 0 Å². The van der Waals surface area contributed by atoms with Crippen molar-refractivity contribution in [2.45, 2.75) is 0 Å². The number of hydrogen-bond donors (Lipinski definition) is 2. The molecule has 6 heteroatoms. The number of nitrogens with zero attached hydrogens (tertiary/aromatic N) is 2. The van der Waals surface area contributed by atoms with Gasteiger partial charge in [-0.05, 0) is 18.2 Å². The van der Waals surface area contributed by atoms with Crippen molar-refractivity contribution in [2.75, 3.05) is 7.11 Å². The second-order valence-corrected chi connectivity index (χ2v) is 4.91. The van der Waals surface area contributed by atoms with E-state index >= 15 is 0 Å². The molecule has 3 heterocycles. The Morgan fingerprint density at radius 1 is 1.14 bits per heavy atom. The number of benzene rings is 1. The van der Waals surface area contributed by atoms with Crippen LogP contribution in [-0.2, 0) is 0 Å². The third kappa shape index (κ3) is 1.77. The third-order valence-electron chi connectivity index (χ3n) is 3.64. The van der Waals surface area contributed by atoms with Crippen LogP contribution >= 0.6 is 0 Å². The van der Waals surface area contributed by atoms with E-state index in [-0.39, 0.29) is 5.56 Å². The highest BCUT2D eigenvalue weighted by Gasteiger charge is 2.15. The fourth-order valence-corrected chi connectivity index (χ4v) is 2.64. The summed E-state index contributed by atoms with van der Waals surface area (Å²) >= 11 is 0. The minimum atomic E-state index is -0.205. The molecule has 0 saturated carbocycles. The molecule has 0 fully saturated rings. The molecular weight excluding hydrogens is 280 g/mol. The number of nitrogens with one attached hydrogen (secondary N) is 2. The summed E-state index contributed by atoms with van der Waals surface area (Å²) in [4.78, 5) is 18.9. The molecule has 4 aromatic rings. The molecule has 6 nitrogen and oxygen atoms in total. The maximum atomic E-state index is 11.7. The lowest BCUT2D eigenvalue weighted by atomic mass is 10.1. The first kappa shape index (κ1) is 12.6. The predicted octanol–water partition coefficient (Wildman–Crippen LogP) is 2.48. The highest BCUT2D eigenvalue weighted by atomic mass is 16.5. The van der Waals surface area contributed by atoms with E-state index in [4.69, 9.17) is 4.74 Å². The number of aromatic nitrogens is 4. The van der Waals surface area contributed by atoms with Gasteiger partial charge in [0.05, 0.1) is 18.2 Å². The van der Waals surface area contributed by atoms with E-state index in [0.29, 0.717) is 5.65 Å². The zero-order chi connectivity index (χ0) is 15.1. The number of hydrogen-bond acceptors (Lipinski definition) is 4. The molecule has 0 atom stereocenters. The van der Waals surface area contributed by atoms with E-state index in [1.165, 1.54) is 6.07 Å². The molecule has 0 saturated heterocycles. The van der Waals surface area contributed by atoms with E-state index < -0.39 is 0 Å². The summed E-state index contributed by atoms with van der Waals surface area (Å²) < 4.78 is 5.41. The molecule has 0 unspecified atom stereocenters. The van der Waals surface area contributed by atoms with Crippen molar-refractivity contribution < 1.29 is 4.74 Å². The van der Waals surface area contributed by atoms with Crippen molar-refractivity contribution in [1.82, 2.24) is 20.2 Å². The number of para-hydroxylation sites is 1. The van der Waals surface area contributed by atoms with Crippen LogP contribution < -0.4 is 10.3 Å². The Balaban J connectivity index is 2.14. The van der Waals surface area contributed by atoms with Gasteiger partial charge in [0.1, 0.15) is 11.3 Å². The van der Waals surface area contributed by atoms with Crippen LogP contribution in [0.4, 0.5) is 0 Å². The van der Waals surface area contributed by atoms with Gasteiger partial charge in [-0.1, -0.05) is 12.1 Å². The Kier molecular flexibility index (Phi) is 2.69. The first-order valence-electron chi connectivity index (χ1n) is 6.77. The second-order valence-electron chi connectivity index (χ2n) is 4.91. The van der Waals surface area contributed by atoms with Gasteiger partial charge in [-0.2, -0.15) is 5.10 Å². The smallest absolute Gasteiger partial charge is 0.249 e. The average molecular weight is 292 g/mol. The molecule has 1 aromatic carbocycles. The topological polar surface area (TPSA) is 83.7 Å². The first-order valence-corrected chi connectivity index (χ1v) is 6.77. The van der Waals surface area contributed by atoms with E-state index in [1.807, 2.05) is 24.3 Å². The van der Waals surface area contributed by atoms with Gasteiger partial charge >= 0.3 is 0 Å². The molecule has 3 aromatic heterocycles.